The lowest BCUT2D eigenvalue weighted by atomic mass is 10.2. The van der Waals surface area contributed by atoms with Gasteiger partial charge in [0.05, 0.1) is 0 Å². The average Bonchev–Trinajstić information content (AvgIpc) is 2.48. The maximum atomic E-state index is 11.8. The van der Waals surface area contributed by atoms with Gasteiger partial charge in [-0.25, -0.2) is 0 Å². The van der Waals surface area contributed by atoms with Crippen LogP contribution in [0.5, 0.6) is 0 Å². The maximum absolute atomic E-state index is 11.8. The standard InChI is InChI=1S/C15H18O3PSi2/c16-19-17-20(11-14-7-3-1-4-8-14)13-21(18-19)12-15-9-5-2-6-10-15/h1-10,20-21H,11-13H2/q+1. The largest absolute Gasteiger partial charge is 0.672 e. The van der Waals surface area contributed by atoms with E-state index < -0.39 is 26.3 Å². The summed E-state index contributed by atoms with van der Waals surface area (Å²) in [5.41, 5.74) is 3.61. The van der Waals surface area contributed by atoms with Crippen LogP contribution in [0.4, 0.5) is 0 Å². The van der Waals surface area contributed by atoms with Gasteiger partial charge < -0.3 is 0 Å². The van der Waals surface area contributed by atoms with Gasteiger partial charge in [0.25, 0.3) is 18.1 Å². The summed E-state index contributed by atoms with van der Waals surface area (Å²) in [7, 11) is -4.80. The van der Waals surface area contributed by atoms with Gasteiger partial charge in [-0.15, -0.1) is 0 Å². The van der Waals surface area contributed by atoms with Gasteiger partial charge in [0.15, 0.2) is 0 Å². The van der Waals surface area contributed by atoms with Crippen molar-refractivity contribution in [2.45, 2.75) is 17.8 Å². The van der Waals surface area contributed by atoms with Gasteiger partial charge in [0.2, 0.25) is 0 Å². The van der Waals surface area contributed by atoms with Crippen LogP contribution in [-0.4, -0.2) is 18.1 Å². The van der Waals surface area contributed by atoms with Crippen LogP contribution in [0, 0.1) is 0 Å². The molecule has 0 spiro atoms. The molecule has 1 aliphatic rings. The Bertz CT molecular complexity index is 543. The van der Waals surface area contributed by atoms with E-state index in [1.54, 1.807) is 0 Å². The smallest absolute Gasteiger partial charge is 0.180 e. The van der Waals surface area contributed by atoms with E-state index in [0.29, 0.717) is 0 Å². The van der Waals surface area contributed by atoms with Crippen LogP contribution >= 0.6 is 8.25 Å². The molecule has 1 aliphatic heterocycles. The Morgan fingerprint density at radius 2 is 1.24 bits per heavy atom. The number of rotatable bonds is 4. The summed E-state index contributed by atoms with van der Waals surface area (Å²) in [6.45, 7) is 0. The Morgan fingerprint density at radius 1 is 0.810 bits per heavy atom. The van der Waals surface area contributed by atoms with Gasteiger partial charge in [0, 0.05) is 4.57 Å². The molecule has 3 rings (SSSR count). The average molecular weight is 333 g/mol. The summed E-state index contributed by atoms with van der Waals surface area (Å²) in [6, 6.07) is 22.6. The van der Waals surface area contributed by atoms with Gasteiger partial charge in [-0.2, -0.15) is 8.43 Å². The summed E-state index contributed by atoms with van der Waals surface area (Å²) in [4.78, 5) is 0. The highest BCUT2D eigenvalue weighted by atomic mass is 31.1. The Labute approximate surface area is 129 Å². The van der Waals surface area contributed by atoms with Crippen molar-refractivity contribution >= 4 is 26.3 Å². The predicted molar refractivity (Wildman–Crippen MR) is 89.2 cm³/mol. The van der Waals surface area contributed by atoms with Crippen molar-refractivity contribution < 1.29 is 13.0 Å². The molecule has 0 saturated carbocycles. The summed E-state index contributed by atoms with van der Waals surface area (Å²) >= 11 is 0. The minimum absolute atomic E-state index is 0.948. The molecule has 1 saturated heterocycles. The third-order valence-corrected chi connectivity index (χ3v) is 13.4. The van der Waals surface area contributed by atoms with E-state index in [4.69, 9.17) is 8.43 Å². The van der Waals surface area contributed by atoms with Gasteiger partial charge in [-0.1, -0.05) is 60.7 Å². The fraction of sp³-hybridized carbons (Fsp3) is 0.200. The zero-order valence-electron chi connectivity index (χ0n) is 11.7. The molecule has 1 heterocycles. The summed E-state index contributed by atoms with van der Waals surface area (Å²) in [5.74, 6) is 0. The molecule has 2 unspecified atom stereocenters. The second kappa shape index (κ2) is 7.25. The minimum Gasteiger partial charge on any atom is -0.180 e. The number of hydrogen-bond acceptors (Lipinski definition) is 3. The molecule has 0 bridgehead atoms. The molecule has 0 radical (unpaired) electrons. The molecule has 6 heteroatoms. The lowest BCUT2D eigenvalue weighted by Gasteiger charge is -2.18. The first-order valence-electron chi connectivity index (χ1n) is 7.18. The molecular formula is C15H18O3PSi2+. The van der Waals surface area contributed by atoms with Crippen molar-refractivity contribution in [1.82, 2.24) is 0 Å². The van der Waals surface area contributed by atoms with Crippen LogP contribution in [-0.2, 0) is 25.1 Å². The second-order valence-corrected chi connectivity index (χ2v) is 12.6. The zero-order valence-corrected chi connectivity index (χ0v) is 14.9. The van der Waals surface area contributed by atoms with Crippen LogP contribution in [0.1, 0.15) is 11.1 Å². The van der Waals surface area contributed by atoms with E-state index >= 15 is 0 Å². The molecule has 1 fully saturated rings. The molecule has 3 nitrogen and oxygen atoms in total. The van der Waals surface area contributed by atoms with Gasteiger partial charge in [0.1, 0.15) is 0 Å². The Hall–Kier alpha value is -1.11. The Morgan fingerprint density at radius 3 is 1.67 bits per heavy atom. The lowest BCUT2D eigenvalue weighted by Crippen LogP contribution is -2.35. The van der Waals surface area contributed by atoms with E-state index in [-0.39, 0.29) is 0 Å². The Kier molecular flexibility index (Phi) is 5.11. The van der Waals surface area contributed by atoms with Crippen LogP contribution in [0.25, 0.3) is 0 Å². The van der Waals surface area contributed by atoms with Crippen molar-refractivity contribution in [1.29, 1.82) is 0 Å². The van der Waals surface area contributed by atoms with E-state index in [0.717, 1.165) is 17.8 Å². The molecular weight excluding hydrogens is 315 g/mol. The van der Waals surface area contributed by atoms with Crippen LogP contribution in [0.3, 0.4) is 0 Å². The normalized spacial score (nSPS) is 23.9. The number of hydrogen-bond donors (Lipinski definition) is 0. The van der Waals surface area contributed by atoms with E-state index in [9.17, 15) is 4.57 Å². The molecule has 0 N–H and O–H groups in total. The van der Waals surface area contributed by atoms with Crippen molar-refractivity contribution in [2.75, 3.05) is 0 Å². The summed E-state index contributed by atoms with van der Waals surface area (Å²) in [6.07, 6.45) is 0. The number of benzene rings is 2. The summed E-state index contributed by atoms with van der Waals surface area (Å²) in [5, 5.41) is 0. The van der Waals surface area contributed by atoms with Gasteiger partial charge >= 0.3 is 8.25 Å². The highest BCUT2D eigenvalue weighted by Gasteiger charge is 2.41. The van der Waals surface area contributed by atoms with Gasteiger partial charge in [-0.3, -0.25) is 0 Å². The third-order valence-electron chi connectivity index (χ3n) is 3.61. The fourth-order valence-electron chi connectivity index (χ4n) is 2.64. The van der Waals surface area contributed by atoms with Crippen LogP contribution in [0.15, 0.2) is 60.7 Å². The van der Waals surface area contributed by atoms with Crippen LogP contribution < -0.4 is 0 Å². The first kappa shape index (κ1) is 14.8. The van der Waals surface area contributed by atoms with Crippen molar-refractivity contribution in [3.63, 3.8) is 0 Å². The molecule has 0 amide bonds. The monoisotopic (exact) mass is 333 g/mol. The van der Waals surface area contributed by atoms with E-state index in [1.807, 2.05) is 36.4 Å². The molecule has 0 aliphatic carbocycles. The van der Waals surface area contributed by atoms with E-state index in [2.05, 4.69) is 24.3 Å². The van der Waals surface area contributed by atoms with Gasteiger partial charge in [-0.05, 0) is 28.9 Å². The molecule has 108 valence electrons. The first-order valence-corrected chi connectivity index (χ1v) is 12.5. The lowest BCUT2D eigenvalue weighted by molar-refractivity contribution is 0.407. The van der Waals surface area contributed by atoms with E-state index in [1.165, 1.54) is 11.1 Å². The highest BCUT2D eigenvalue weighted by Crippen LogP contribution is 2.35. The van der Waals surface area contributed by atoms with Crippen molar-refractivity contribution in [2.24, 2.45) is 0 Å². The highest BCUT2D eigenvalue weighted by molar-refractivity contribution is 7.38. The minimum atomic E-state index is -1.89. The van der Waals surface area contributed by atoms with Crippen LogP contribution in [0.2, 0.25) is 5.67 Å². The molecule has 21 heavy (non-hydrogen) atoms. The second-order valence-electron chi connectivity index (χ2n) is 5.29. The zero-order chi connectivity index (χ0) is 14.5. The first-order chi connectivity index (χ1) is 10.3. The SMILES string of the molecule is O=[P+]1O[SiH](Cc2ccccc2)C[SiH](Cc2ccccc2)O1. The molecule has 2 aromatic rings. The maximum Gasteiger partial charge on any atom is 0.672 e. The molecule has 2 aromatic carbocycles. The molecule has 2 atom stereocenters. The van der Waals surface area contributed by atoms with Crippen molar-refractivity contribution in [3.05, 3.63) is 71.8 Å². The Balaban J connectivity index is 1.63. The summed E-state index contributed by atoms with van der Waals surface area (Å²) < 4.78 is 23.1. The third kappa shape index (κ3) is 4.43. The quantitative estimate of drug-likeness (QED) is 0.636. The fourth-order valence-corrected chi connectivity index (χ4v) is 13.3. The predicted octanol–water partition coefficient (Wildman–Crippen LogP) is 3.24. The topological polar surface area (TPSA) is 35.5 Å². The van der Waals surface area contributed by atoms with Crippen molar-refractivity contribution in [3.8, 4) is 0 Å². The molecule has 0 aromatic heterocycles.